The van der Waals surface area contributed by atoms with Crippen LogP contribution in [0.5, 0.6) is 0 Å². The Morgan fingerprint density at radius 2 is 2.09 bits per heavy atom. The SMILES string of the molecule is CCOC(=O)[C@H](NS(=O)(=O)c1ccc(C)cc1)[C@H]1CCOC1. The van der Waals surface area contributed by atoms with Crippen LogP contribution in [0.2, 0.25) is 0 Å². The number of nitrogens with one attached hydrogen (secondary N) is 1. The van der Waals surface area contributed by atoms with Crippen LogP contribution in [0.3, 0.4) is 0 Å². The lowest BCUT2D eigenvalue weighted by Gasteiger charge is -2.21. The fourth-order valence-electron chi connectivity index (χ4n) is 2.34. The number of benzene rings is 1. The van der Waals surface area contributed by atoms with E-state index in [0.717, 1.165) is 5.56 Å². The highest BCUT2D eigenvalue weighted by atomic mass is 32.2. The van der Waals surface area contributed by atoms with Gasteiger partial charge in [-0.1, -0.05) is 17.7 Å². The molecule has 1 aromatic carbocycles. The molecule has 2 atom stereocenters. The van der Waals surface area contributed by atoms with E-state index in [2.05, 4.69) is 4.72 Å². The number of carbonyl (C=O) groups is 1. The van der Waals surface area contributed by atoms with Crippen molar-refractivity contribution in [3.63, 3.8) is 0 Å². The Morgan fingerprint density at radius 3 is 2.64 bits per heavy atom. The Balaban J connectivity index is 2.21. The lowest BCUT2D eigenvalue weighted by Crippen LogP contribution is -2.47. The van der Waals surface area contributed by atoms with E-state index in [4.69, 9.17) is 9.47 Å². The molecule has 22 heavy (non-hydrogen) atoms. The summed E-state index contributed by atoms with van der Waals surface area (Å²) in [5.74, 6) is -0.770. The van der Waals surface area contributed by atoms with Crippen molar-refractivity contribution in [2.75, 3.05) is 19.8 Å². The molecule has 122 valence electrons. The summed E-state index contributed by atoms with van der Waals surface area (Å²) in [5, 5.41) is 0. The van der Waals surface area contributed by atoms with Crippen LogP contribution in [0.4, 0.5) is 0 Å². The normalized spacial score (nSPS) is 19.8. The van der Waals surface area contributed by atoms with E-state index in [9.17, 15) is 13.2 Å². The molecular formula is C15H21NO5S. The van der Waals surface area contributed by atoms with E-state index < -0.39 is 22.0 Å². The number of ether oxygens (including phenoxy) is 2. The van der Waals surface area contributed by atoms with Crippen LogP contribution < -0.4 is 4.72 Å². The summed E-state index contributed by atoms with van der Waals surface area (Å²) in [5.41, 5.74) is 0.963. The van der Waals surface area contributed by atoms with Crippen molar-refractivity contribution >= 4 is 16.0 Å². The van der Waals surface area contributed by atoms with Crippen LogP contribution in [0.1, 0.15) is 18.9 Å². The quantitative estimate of drug-likeness (QED) is 0.795. The maximum absolute atomic E-state index is 12.5. The fraction of sp³-hybridized carbons (Fsp3) is 0.533. The van der Waals surface area contributed by atoms with Gasteiger partial charge in [0.1, 0.15) is 6.04 Å². The van der Waals surface area contributed by atoms with Crippen LogP contribution in [0, 0.1) is 12.8 Å². The third-order valence-electron chi connectivity index (χ3n) is 3.59. The minimum Gasteiger partial charge on any atom is -0.465 e. The zero-order valence-corrected chi connectivity index (χ0v) is 13.6. The van der Waals surface area contributed by atoms with Gasteiger partial charge >= 0.3 is 5.97 Å². The second-order valence-corrected chi connectivity index (χ2v) is 7.00. The molecule has 0 saturated carbocycles. The average Bonchev–Trinajstić information content (AvgIpc) is 2.99. The molecule has 0 amide bonds. The third kappa shape index (κ3) is 4.06. The summed E-state index contributed by atoms with van der Waals surface area (Å²) < 4.78 is 37.6. The predicted octanol–water partition coefficient (Wildman–Crippen LogP) is 1.24. The largest absolute Gasteiger partial charge is 0.465 e. The number of sulfonamides is 1. The summed E-state index contributed by atoms with van der Waals surface area (Å²) in [7, 11) is -3.78. The number of hydrogen-bond donors (Lipinski definition) is 1. The van der Waals surface area contributed by atoms with E-state index in [-0.39, 0.29) is 17.4 Å². The number of aryl methyl sites for hydroxylation is 1. The molecule has 0 spiro atoms. The zero-order valence-electron chi connectivity index (χ0n) is 12.7. The van der Waals surface area contributed by atoms with Crippen molar-refractivity contribution in [3.8, 4) is 0 Å². The van der Waals surface area contributed by atoms with Gasteiger partial charge in [0.05, 0.1) is 18.1 Å². The standard InChI is InChI=1S/C15H21NO5S/c1-3-21-15(17)14(12-8-9-20-10-12)16-22(18,19)13-6-4-11(2)5-7-13/h4-7,12,14,16H,3,8-10H2,1-2H3/t12-,14+/m0/s1. The predicted molar refractivity (Wildman–Crippen MR) is 80.8 cm³/mol. The van der Waals surface area contributed by atoms with E-state index in [1.54, 1.807) is 19.1 Å². The number of carbonyl (C=O) groups excluding carboxylic acids is 1. The molecule has 0 bridgehead atoms. The molecule has 1 heterocycles. The Morgan fingerprint density at radius 1 is 1.41 bits per heavy atom. The van der Waals surface area contributed by atoms with E-state index in [0.29, 0.717) is 19.6 Å². The number of esters is 1. The highest BCUT2D eigenvalue weighted by Gasteiger charge is 2.36. The minimum absolute atomic E-state index is 0.131. The van der Waals surface area contributed by atoms with Gasteiger partial charge < -0.3 is 9.47 Å². The van der Waals surface area contributed by atoms with Gasteiger partial charge in [-0.15, -0.1) is 0 Å². The van der Waals surface area contributed by atoms with Gasteiger partial charge in [0.15, 0.2) is 0 Å². The summed E-state index contributed by atoms with van der Waals surface area (Å²) in [6, 6.07) is 5.55. The van der Waals surface area contributed by atoms with Crippen molar-refractivity contribution in [1.29, 1.82) is 0 Å². The van der Waals surface area contributed by atoms with E-state index in [1.165, 1.54) is 12.1 Å². The Labute approximate surface area is 130 Å². The van der Waals surface area contributed by atoms with Crippen LogP contribution in [0.25, 0.3) is 0 Å². The van der Waals surface area contributed by atoms with Gasteiger partial charge in [-0.2, -0.15) is 4.72 Å². The molecule has 2 rings (SSSR count). The minimum atomic E-state index is -3.78. The third-order valence-corrected chi connectivity index (χ3v) is 5.05. The van der Waals surface area contributed by atoms with Crippen molar-refractivity contribution in [1.82, 2.24) is 4.72 Å². The van der Waals surface area contributed by atoms with Gasteiger partial charge in [-0.25, -0.2) is 8.42 Å². The highest BCUT2D eigenvalue weighted by Crippen LogP contribution is 2.20. The molecule has 1 aromatic rings. The van der Waals surface area contributed by atoms with Crippen LogP contribution in [-0.4, -0.2) is 40.2 Å². The first-order valence-corrected chi connectivity index (χ1v) is 8.75. The maximum Gasteiger partial charge on any atom is 0.324 e. The Bertz CT molecular complexity index is 605. The number of hydrogen-bond acceptors (Lipinski definition) is 5. The van der Waals surface area contributed by atoms with Crippen molar-refractivity contribution in [2.24, 2.45) is 5.92 Å². The lowest BCUT2D eigenvalue weighted by atomic mass is 10.0. The summed E-state index contributed by atoms with van der Waals surface area (Å²) in [6.45, 7) is 4.64. The van der Waals surface area contributed by atoms with Gasteiger partial charge in [-0.05, 0) is 32.4 Å². The summed E-state index contributed by atoms with van der Waals surface area (Å²) >= 11 is 0. The molecule has 1 N–H and O–H groups in total. The fourth-order valence-corrected chi connectivity index (χ4v) is 3.59. The Kier molecular flexibility index (Phi) is 5.55. The van der Waals surface area contributed by atoms with E-state index >= 15 is 0 Å². The van der Waals surface area contributed by atoms with Crippen molar-refractivity contribution < 1.29 is 22.7 Å². The molecule has 0 aromatic heterocycles. The molecule has 1 saturated heterocycles. The van der Waals surface area contributed by atoms with Crippen LogP contribution in [0.15, 0.2) is 29.2 Å². The second-order valence-electron chi connectivity index (χ2n) is 5.29. The first-order chi connectivity index (χ1) is 10.4. The topological polar surface area (TPSA) is 81.7 Å². The molecule has 0 radical (unpaired) electrons. The summed E-state index contributed by atoms with van der Waals surface area (Å²) in [6.07, 6.45) is 0.625. The molecule has 7 heteroatoms. The monoisotopic (exact) mass is 327 g/mol. The summed E-state index contributed by atoms with van der Waals surface area (Å²) in [4.78, 5) is 12.2. The molecule has 1 aliphatic rings. The molecule has 1 aliphatic heterocycles. The lowest BCUT2D eigenvalue weighted by molar-refractivity contribution is -0.146. The van der Waals surface area contributed by atoms with Gasteiger partial charge in [0.25, 0.3) is 0 Å². The maximum atomic E-state index is 12.5. The first-order valence-electron chi connectivity index (χ1n) is 7.27. The van der Waals surface area contributed by atoms with Gasteiger partial charge in [-0.3, -0.25) is 4.79 Å². The highest BCUT2D eigenvalue weighted by molar-refractivity contribution is 7.89. The second kappa shape index (κ2) is 7.21. The van der Waals surface area contributed by atoms with E-state index in [1.807, 2.05) is 6.92 Å². The van der Waals surface area contributed by atoms with Gasteiger partial charge in [0, 0.05) is 12.5 Å². The average molecular weight is 327 g/mol. The smallest absolute Gasteiger partial charge is 0.324 e. The molecule has 1 fully saturated rings. The van der Waals surface area contributed by atoms with Crippen molar-refractivity contribution in [3.05, 3.63) is 29.8 Å². The van der Waals surface area contributed by atoms with Crippen LogP contribution in [-0.2, 0) is 24.3 Å². The van der Waals surface area contributed by atoms with Gasteiger partial charge in [0.2, 0.25) is 10.0 Å². The molecular weight excluding hydrogens is 306 g/mol. The molecule has 0 aliphatic carbocycles. The Hall–Kier alpha value is -1.44. The zero-order chi connectivity index (χ0) is 16.2. The molecule has 6 nitrogen and oxygen atoms in total. The molecule has 0 unspecified atom stereocenters. The number of rotatable bonds is 6. The first kappa shape index (κ1) is 16.9. The van der Waals surface area contributed by atoms with Crippen LogP contribution >= 0.6 is 0 Å². The van der Waals surface area contributed by atoms with Crippen molar-refractivity contribution in [2.45, 2.75) is 31.2 Å².